The molecule has 2 rings (SSSR count). The fraction of sp³-hybridized carbons (Fsp3) is 0.0714. The summed E-state index contributed by atoms with van der Waals surface area (Å²) in [5, 5.41) is 8.93. The van der Waals surface area contributed by atoms with Crippen molar-refractivity contribution in [1.29, 1.82) is 5.26 Å². The highest BCUT2D eigenvalue weighted by atomic mass is 32.2. The number of hydrogen-bond donors (Lipinski definition) is 0. The van der Waals surface area contributed by atoms with E-state index in [1.54, 1.807) is 24.0 Å². The van der Waals surface area contributed by atoms with Gasteiger partial charge in [0.15, 0.2) is 0 Å². The highest BCUT2D eigenvalue weighted by molar-refractivity contribution is 7.98. The Morgan fingerprint density at radius 3 is 3.00 bits per heavy atom. The summed E-state index contributed by atoms with van der Waals surface area (Å²) in [6.07, 6.45) is 2.44. The Labute approximate surface area is 109 Å². The maximum Gasteiger partial charge on any atom is 0.150 e. The molecule has 0 radical (unpaired) electrons. The zero-order valence-electron chi connectivity index (χ0n) is 9.54. The smallest absolute Gasteiger partial charge is 0.150 e. The molecule has 1 aromatic carbocycles. The number of aldehydes is 1. The summed E-state index contributed by atoms with van der Waals surface area (Å²) in [6.45, 7) is 0. The third kappa shape index (κ3) is 2.96. The topological polar surface area (TPSA) is 53.8 Å². The molecular weight excluding hydrogens is 244 g/mol. The SMILES string of the molecule is N#Cc1ncccc1CSc1cccc(C=O)c1. The number of aromatic nitrogens is 1. The number of nitriles is 1. The standard InChI is InChI=1S/C14H10N2OS/c15-8-14-12(4-2-6-16-14)10-18-13-5-1-3-11(7-13)9-17/h1-7,9H,10H2. The molecule has 4 heteroatoms. The van der Waals surface area contributed by atoms with Crippen LogP contribution in [0.1, 0.15) is 21.6 Å². The van der Waals surface area contributed by atoms with Gasteiger partial charge in [-0.25, -0.2) is 4.98 Å². The van der Waals surface area contributed by atoms with Crippen LogP contribution in [0, 0.1) is 11.3 Å². The predicted octanol–water partition coefficient (Wildman–Crippen LogP) is 3.06. The number of pyridine rings is 1. The van der Waals surface area contributed by atoms with Crippen molar-refractivity contribution in [1.82, 2.24) is 4.98 Å². The van der Waals surface area contributed by atoms with Gasteiger partial charge in [0.05, 0.1) is 0 Å². The first-order chi connectivity index (χ1) is 8.83. The maximum atomic E-state index is 10.7. The molecule has 0 bridgehead atoms. The first kappa shape index (κ1) is 12.3. The van der Waals surface area contributed by atoms with Gasteiger partial charge in [-0.3, -0.25) is 4.79 Å². The van der Waals surface area contributed by atoms with Crippen LogP contribution in [-0.4, -0.2) is 11.3 Å². The molecule has 0 amide bonds. The van der Waals surface area contributed by atoms with Gasteiger partial charge in [-0.15, -0.1) is 11.8 Å². The average molecular weight is 254 g/mol. The Morgan fingerprint density at radius 1 is 1.33 bits per heavy atom. The molecule has 88 valence electrons. The molecule has 0 unspecified atom stereocenters. The van der Waals surface area contributed by atoms with Crippen molar-refractivity contribution in [2.75, 3.05) is 0 Å². The van der Waals surface area contributed by atoms with Gasteiger partial charge >= 0.3 is 0 Å². The molecule has 0 aliphatic heterocycles. The number of nitrogens with zero attached hydrogens (tertiary/aromatic N) is 2. The molecule has 0 spiro atoms. The van der Waals surface area contributed by atoms with Crippen LogP contribution in [-0.2, 0) is 5.75 Å². The third-order valence-corrected chi connectivity index (χ3v) is 3.43. The Kier molecular flexibility index (Phi) is 4.11. The summed E-state index contributed by atoms with van der Waals surface area (Å²) in [7, 11) is 0. The van der Waals surface area contributed by atoms with Crippen LogP contribution >= 0.6 is 11.8 Å². The summed E-state index contributed by atoms with van der Waals surface area (Å²) in [4.78, 5) is 15.7. The van der Waals surface area contributed by atoms with E-state index in [0.29, 0.717) is 17.0 Å². The van der Waals surface area contributed by atoms with Gasteiger partial charge in [0.2, 0.25) is 0 Å². The second-order valence-electron chi connectivity index (χ2n) is 3.60. The Hall–Kier alpha value is -2.12. The van der Waals surface area contributed by atoms with Crippen LogP contribution in [0.3, 0.4) is 0 Å². The molecule has 0 aliphatic carbocycles. The molecule has 0 N–H and O–H groups in total. The minimum Gasteiger partial charge on any atom is -0.298 e. The lowest BCUT2D eigenvalue weighted by Crippen LogP contribution is -1.90. The second-order valence-corrected chi connectivity index (χ2v) is 4.65. The third-order valence-electron chi connectivity index (χ3n) is 2.39. The molecule has 0 saturated heterocycles. The van der Waals surface area contributed by atoms with Crippen molar-refractivity contribution >= 4 is 18.0 Å². The lowest BCUT2D eigenvalue weighted by molar-refractivity contribution is 0.112. The van der Waals surface area contributed by atoms with E-state index < -0.39 is 0 Å². The van der Waals surface area contributed by atoms with E-state index >= 15 is 0 Å². The second kappa shape index (κ2) is 5.99. The minimum atomic E-state index is 0.455. The zero-order valence-corrected chi connectivity index (χ0v) is 10.4. The predicted molar refractivity (Wildman–Crippen MR) is 70.3 cm³/mol. The van der Waals surface area contributed by atoms with Crippen LogP contribution < -0.4 is 0 Å². The van der Waals surface area contributed by atoms with E-state index in [2.05, 4.69) is 11.1 Å². The molecule has 0 atom stereocenters. The lowest BCUT2D eigenvalue weighted by atomic mass is 10.2. The molecular formula is C14H10N2OS. The highest BCUT2D eigenvalue weighted by Crippen LogP contribution is 2.24. The quantitative estimate of drug-likeness (QED) is 0.621. The van der Waals surface area contributed by atoms with E-state index in [9.17, 15) is 4.79 Å². The number of benzene rings is 1. The normalized spacial score (nSPS) is 9.72. The summed E-state index contributed by atoms with van der Waals surface area (Å²) < 4.78 is 0. The molecule has 1 heterocycles. The fourth-order valence-electron chi connectivity index (χ4n) is 1.49. The molecule has 18 heavy (non-hydrogen) atoms. The van der Waals surface area contributed by atoms with Gasteiger partial charge in [0, 0.05) is 22.4 Å². The van der Waals surface area contributed by atoms with Crippen LogP contribution in [0.4, 0.5) is 0 Å². The first-order valence-corrected chi connectivity index (χ1v) is 6.34. The molecule has 0 aliphatic rings. The minimum absolute atomic E-state index is 0.455. The lowest BCUT2D eigenvalue weighted by Gasteiger charge is -2.03. The Bertz CT molecular complexity index is 605. The Morgan fingerprint density at radius 2 is 2.22 bits per heavy atom. The summed E-state index contributed by atoms with van der Waals surface area (Å²) in [5.74, 6) is 0.666. The van der Waals surface area contributed by atoms with Gasteiger partial charge in [-0.05, 0) is 23.8 Å². The van der Waals surface area contributed by atoms with Crippen LogP contribution in [0.5, 0.6) is 0 Å². The summed E-state index contributed by atoms with van der Waals surface area (Å²) in [6, 6.07) is 13.2. The number of rotatable bonds is 4. The molecule has 1 aromatic heterocycles. The summed E-state index contributed by atoms with van der Waals surface area (Å²) >= 11 is 1.58. The van der Waals surface area contributed by atoms with Gasteiger partial charge in [-0.2, -0.15) is 5.26 Å². The first-order valence-electron chi connectivity index (χ1n) is 5.35. The molecule has 0 saturated carbocycles. The molecule has 3 nitrogen and oxygen atoms in total. The van der Waals surface area contributed by atoms with Crippen molar-refractivity contribution in [2.24, 2.45) is 0 Å². The summed E-state index contributed by atoms with van der Waals surface area (Å²) in [5.41, 5.74) is 2.02. The number of hydrogen-bond acceptors (Lipinski definition) is 4. The zero-order chi connectivity index (χ0) is 12.8. The van der Waals surface area contributed by atoms with Crippen LogP contribution in [0.15, 0.2) is 47.5 Å². The molecule has 0 fully saturated rings. The highest BCUT2D eigenvalue weighted by Gasteiger charge is 2.03. The monoisotopic (exact) mass is 254 g/mol. The molecule has 2 aromatic rings. The average Bonchev–Trinajstić information content (AvgIpc) is 2.45. The maximum absolute atomic E-state index is 10.7. The van der Waals surface area contributed by atoms with Crippen molar-refractivity contribution in [3.05, 3.63) is 59.4 Å². The number of carbonyl (C=O) groups is 1. The van der Waals surface area contributed by atoms with Gasteiger partial charge in [0.1, 0.15) is 18.0 Å². The Balaban J connectivity index is 2.11. The van der Waals surface area contributed by atoms with E-state index in [4.69, 9.17) is 5.26 Å². The van der Waals surface area contributed by atoms with Crippen LogP contribution in [0.25, 0.3) is 0 Å². The number of thioether (sulfide) groups is 1. The van der Waals surface area contributed by atoms with Crippen molar-refractivity contribution < 1.29 is 4.79 Å². The van der Waals surface area contributed by atoms with E-state index in [-0.39, 0.29) is 0 Å². The van der Waals surface area contributed by atoms with Crippen molar-refractivity contribution in [3.8, 4) is 6.07 Å². The fourth-order valence-corrected chi connectivity index (χ4v) is 2.44. The van der Waals surface area contributed by atoms with Crippen molar-refractivity contribution in [2.45, 2.75) is 10.6 Å². The van der Waals surface area contributed by atoms with E-state index in [1.807, 2.05) is 30.3 Å². The van der Waals surface area contributed by atoms with Crippen molar-refractivity contribution in [3.63, 3.8) is 0 Å². The van der Waals surface area contributed by atoms with Gasteiger partial charge in [0.25, 0.3) is 0 Å². The van der Waals surface area contributed by atoms with Gasteiger partial charge in [-0.1, -0.05) is 18.2 Å². The van der Waals surface area contributed by atoms with Crippen LogP contribution in [0.2, 0.25) is 0 Å². The van der Waals surface area contributed by atoms with E-state index in [1.165, 1.54) is 0 Å². The largest absolute Gasteiger partial charge is 0.298 e. The van der Waals surface area contributed by atoms with E-state index in [0.717, 1.165) is 16.7 Å². The number of carbonyl (C=O) groups excluding carboxylic acids is 1. The van der Waals surface area contributed by atoms with Gasteiger partial charge < -0.3 is 0 Å².